The van der Waals surface area contributed by atoms with Crippen molar-refractivity contribution < 1.29 is 14.0 Å². The number of para-hydroxylation sites is 1. The molecule has 0 saturated carbocycles. The predicted molar refractivity (Wildman–Crippen MR) is 81.9 cm³/mol. The van der Waals surface area contributed by atoms with E-state index < -0.39 is 0 Å². The number of halogens is 1. The molecule has 2 aromatic carbocycles. The number of ether oxygens (including phenoxy) is 2. The number of epoxide rings is 1. The molecular formula is C15H14ClO3P. The van der Waals surface area contributed by atoms with E-state index >= 15 is 0 Å². The van der Waals surface area contributed by atoms with Gasteiger partial charge in [-0.3, -0.25) is 0 Å². The second-order valence-electron chi connectivity index (χ2n) is 4.44. The fraction of sp³-hybridized carbons (Fsp3) is 0.200. The molecule has 1 aliphatic rings. The van der Waals surface area contributed by atoms with Gasteiger partial charge in [0.25, 0.3) is 0 Å². The van der Waals surface area contributed by atoms with Crippen molar-refractivity contribution >= 4 is 19.4 Å². The van der Waals surface area contributed by atoms with Crippen LogP contribution < -0.4 is 9.26 Å². The van der Waals surface area contributed by atoms with Crippen molar-refractivity contribution in [3.8, 4) is 22.6 Å². The highest BCUT2D eigenvalue weighted by atomic mass is 35.7. The quantitative estimate of drug-likeness (QED) is 0.590. The molecule has 0 radical (unpaired) electrons. The molecule has 2 atom stereocenters. The van der Waals surface area contributed by atoms with Gasteiger partial charge in [0.05, 0.1) is 6.61 Å². The molecule has 1 unspecified atom stereocenters. The van der Waals surface area contributed by atoms with Gasteiger partial charge < -0.3 is 14.0 Å². The lowest BCUT2D eigenvalue weighted by atomic mass is 10.0. The summed E-state index contributed by atoms with van der Waals surface area (Å²) in [5.74, 6) is 1.39. The lowest BCUT2D eigenvalue weighted by Gasteiger charge is -2.14. The Bertz CT molecular complexity index is 573. The summed E-state index contributed by atoms with van der Waals surface area (Å²) in [6.07, 6.45) is 0.210. The Hall–Kier alpha value is -1.28. The predicted octanol–water partition coefficient (Wildman–Crippen LogP) is 4.26. The van der Waals surface area contributed by atoms with Crippen LogP contribution in [-0.4, -0.2) is 19.3 Å². The van der Waals surface area contributed by atoms with E-state index in [2.05, 4.69) is 0 Å². The van der Waals surface area contributed by atoms with Crippen molar-refractivity contribution in [3.63, 3.8) is 0 Å². The minimum absolute atomic E-state index is 0.152. The first-order valence-electron chi connectivity index (χ1n) is 6.34. The van der Waals surface area contributed by atoms with Gasteiger partial charge in [0, 0.05) is 5.56 Å². The smallest absolute Gasteiger partial charge is 0.174 e. The van der Waals surface area contributed by atoms with Crippen LogP contribution in [0.5, 0.6) is 11.5 Å². The number of benzene rings is 2. The molecule has 5 heteroatoms. The number of hydrogen-bond acceptors (Lipinski definition) is 3. The van der Waals surface area contributed by atoms with E-state index in [4.69, 9.17) is 25.2 Å². The average molecular weight is 309 g/mol. The van der Waals surface area contributed by atoms with Crippen LogP contribution in [0.3, 0.4) is 0 Å². The lowest BCUT2D eigenvalue weighted by Crippen LogP contribution is -2.05. The van der Waals surface area contributed by atoms with E-state index in [1.807, 2.05) is 48.5 Å². The summed E-state index contributed by atoms with van der Waals surface area (Å²) in [6.45, 7) is 1.31. The molecule has 0 aromatic heterocycles. The molecule has 0 bridgehead atoms. The molecule has 0 amide bonds. The first-order chi connectivity index (χ1) is 9.88. The molecule has 3 nitrogen and oxygen atoms in total. The van der Waals surface area contributed by atoms with Crippen molar-refractivity contribution in [2.75, 3.05) is 13.2 Å². The highest BCUT2D eigenvalue weighted by molar-refractivity contribution is 7.64. The summed E-state index contributed by atoms with van der Waals surface area (Å²) in [4.78, 5) is 0. The second kappa shape index (κ2) is 6.45. The molecule has 0 aliphatic carbocycles. The van der Waals surface area contributed by atoms with Crippen molar-refractivity contribution in [2.45, 2.75) is 6.10 Å². The fourth-order valence-corrected chi connectivity index (χ4v) is 2.48. The Kier molecular flexibility index (Phi) is 4.41. The summed E-state index contributed by atoms with van der Waals surface area (Å²) in [6, 6.07) is 15.9. The highest BCUT2D eigenvalue weighted by Crippen LogP contribution is 2.42. The van der Waals surface area contributed by atoms with Crippen molar-refractivity contribution in [2.24, 2.45) is 0 Å². The standard InChI is InChI=1S/C15H14ClO3P/c16-20-19-15-13(11-5-2-1-3-6-11)7-4-8-14(15)18-10-12-9-17-12/h1-8,12,20H,9-10H2/t12-/m1/s1. The number of rotatable bonds is 6. The van der Waals surface area contributed by atoms with Gasteiger partial charge >= 0.3 is 0 Å². The van der Waals surface area contributed by atoms with Crippen LogP contribution in [-0.2, 0) is 4.74 Å². The van der Waals surface area contributed by atoms with E-state index in [1.54, 1.807) is 0 Å². The summed E-state index contributed by atoms with van der Waals surface area (Å²) in [7, 11) is -0.152. The molecule has 1 saturated heterocycles. The van der Waals surface area contributed by atoms with Crippen LogP contribution in [0.15, 0.2) is 48.5 Å². The second-order valence-corrected chi connectivity index (χ2v) is 5.27. The fourth-order valence-electron chi connectivity index (χ4n) is 1.97. The third-order valence-corrected chi connectivity index (χ3v) is 3.54. The molecule has 2 aromatic rings. The molecule has 0 spiro atoms. The summed E-state index contributed by atoms with van der Waals surface area (Å²) in [5.41, 5.74) is 2.05. The van der Waals surface area contributed by atoms with Gasteiger partial charge in [-0.25, -0.2) is 0 Å². The monoisotopic (exact) mass is 308 g/mol. The maximum Gasteiger partial charge on any atom is 0.174 e. The third-order valence-electron chi connectivity index (χ3n) is 3.03. The Labute approximate surface area is 124 Å². The molecule has 104 valence electrons. The summed E-state index contributed by atoms with van der Waals surface area (Å²) < 4.78 is 16.5. The lowest BCUT2D eigenvalue weighted by molar-refractivity contribution is 0.259. The third kappa shape index (κ3) is 3.24. The Balaban J connectivity index is 1.93. The molecule has 1 fully saturated rings. The van der Waals surface area contributed by atoms with E-state index in [0.717, 1.165) is 17.7 Å². The molecule has 20 heavy (non-hydrogen) atoms. The van der Waals surface area contributed by atoms with Gasteiger partial charge in [-0.1, -0.05) is 53.7 Å². The van der Waals surface area contributed by atoms with Gasteiger partial charge in [-0.15, -0.1) is 0 Å². The first kappa shape index (κ1) is 13.7. The van der Waals surface area contributed by atoms with Gasteiger partial charge in [0.15, 0.2) is 19.7 Å². The Morgan fingerprint density at radius 3 is 2.65 bits per heavy atom. The van der Waals surface area contributed by atoms with Gasteiger partial charge in [-0.05, 0) is 11.6 Å². The largest absolute Gasteiger partial charge is 0.487 e. The van der Waals surface area contributed by atoms with Crippen molar-refractivity contribution in [1.82, 2.24) is 0 Å². The molecular weight excluding hydrogens is 295 g/mol. The van der Waals surface area contributed by atoms with Crippen LogP contribution >= 0.6 is 19.4 Å². The minimum atomic E-state index is -0.152. The maximum absolute atomic E-state index is 5.77. The zero-order valence-electron chi connectivity index (χ0n) is 10.7. The number of hydrogen-bond donors (Lipinski definition) is 0. The minimum Gasteiger partial charge on any atom is -0.487 e. The van der Waals surface area contributed by atoms with Gasteiger partial charge in [0.2, 0.25) is 0 Å². The summed E-state index contributed by atoms with van der Waals surface area (Å²) in [5, 5.41) is 0. The van der Waals surface area contributed by atoms with E-state index in [9.17, 15) is 0 Å². The molecule has 1 heterocycles. The average Bonchev–Trinajstić information content (AvgIpc) is 3.31. The van der Waals surface area contributed by atoms with Gasteiger partial charge in [-0.2, -0.15) is 0 Å². The highest BCUT2D eigenvalue weighted by Gasteiger charge is 2.24. The van der Waals surface area contributed by atoms with Crippen molar-refractivity contribution in [3.05, 3.63) is 48.5 Å². The molecule has 3 rings (SSSR count). The zero-order chi connectivity index (χ0) is 13.8. The van der Waals surface area contributed by atoms with E-state index in [-0.39, 0.29) is 14.3 Å². The van der Waals surface area contributed by atoms with Crippen LogP contribution in [0, 0.1) is 0 Å². The van der Waals surface area contributed by atoms with Gasteiger partial charge in [0.1, 0.15) is 12.7 Å². The van der Waals surface area contributed by atoms with Crippen molar-refractivity contribution in [1.29, 1.82) is 0 Å². The summed E-state index contributed by atoms with van der Waals surface area (Å²) >= 11 is 5.77. The van der Waals surface area contributed by atoms with E-state index in [0.29, 0.717) is 18.1 Å². The maximum atomic E-state index is 5.77. The Morgan fingerprint density at radius 1 is 1.15 bits per heavy atom. The van der Waals surface area contributed by atoms with Crippen LogP contribution in [0.4, 0.5) is 0 Å². The first-order valence-corrected chi connectivity index (χ1v) is 8.26. The van der Waals surface area contributed by atoms with Crippen LogP contribution in [0.2, 0.25) is 0 Å². The zero-order valence-corrected chi connectivity index (χ0v) is 12.5. The topological polar surface area (TPSA) is 31.0 Å². The van der Waals surface area contributed by atoms with Crippen LogP contribution in [0.25, 0.3) is 11.1 Å². The SMILES string of the molecule is ClPOc1c(OC[C@H]2CO2)cccc1-c1ccccc1. The Morgan fingerprint density at radius 2 is 1.95 bits per heavy atom. The van der Waals surface area contributed by atoms with Crippen LogP contribution in [0.1, 0.15) is 0 Å². The van der Waals surface area contributed by atoms with E-state index in [1.165, 1.54) is 0 Å². The normalized spacial score (nSPS) is 17.4. The molecule has 0 N–H and O–H groups in total. The molecule has 1 aliphatic heterocycles.